The molecule has 1 heterocycles. The van der Waals surface area contributed by atoms with E-state index >= 15 is 0 Å². The number of rotatable bonds is 0. The zero-order valence-electron chi connectivity index (χ0n) is 5.50. The Labute approximate surface area is 53.8 Å². The van der Waals surface area contributed by atoms with E-state index < -0.39 is 5.82 Å². The fraction of sp³-hybridized carbons (Fsp3) is 0.333. The molecule has 0 spiro atoms. The standard InChI is InChI=1S/C4H3FN2.C2H6/c5-4-1-6-3-7-2-4;1-2/h1-3H;1-2H3. The summed E-state index contributed by atoms with van der Waals surface area (Å²) in [6, 6.07) is 0. The van der Waals surface area contributed by atoms with Crippen LogP contribution in [-0.4, -0.2) is 9.97 Å². The lowest BCUT2D eigenvalue weighted by atomic mass is 10.7. The molecular formula is C6H9FN2. The maximum atomic E-state index is 11.8. The molecule has 1 aromatic heterocycles. The second kappa shape index (κ2) is 5.15. The van der Waals surface area contributed by atoms with Crippen molar-refractivity contribution in [2.75, 3.05) is 0 Å². The molecule has 0 amide bonds. The van der Waals surface area contributed by atoms with Gasteiger partial charge in [-0.05, 0) is 0 Å². The molecule has 0 aliphatic carbocycles. The minimum absolute atomic E-state index is 0.400. The molecule has 0 fully saturated rings. The molecule has 2 nitrogen and oxygen atoms in total. The fourth-order valence-electron chi connectivity index (χ4n) is 0.281. The Bertz CT molecular complexity index is 141. The third-order valence-electron chi connectivity index (χ3n) is 0.529. The van der Waals surface area contributed by atoms with Gasteiger partial charge in [0.15, 0.2) is 5.82 Å². The monoisotopic (exact) mass is 128 g/mol. The molecule has 9 heavy (non-hydrogen) atoms. The molecule has 0 radical (unpaired) electrons. The topological polar surface area (TPSA) is 25.8 Å². The van der Waals surface area contributed by atoms with Crippen LogP contribution in [0.5, 0.6) is 0 Å². The summed E-state index contributed by atoms with van der Waals surface area (Å²) < 4.78 is 11.8. The van der Waals surface area contributed by atoms with Gasteiger partial charge in [-0.25, -0.2) is 14.4 Å². The smallest absolute Gasteiger partial charge is 0.159 e. The van der Waals surface area contributed by atoms with Crippen LogP contribution in [0.25, 0.3) is 0 Å². The maximum absolute atomic E-state index is 11.8. The van der Waals surface area contributed by atoms with Crippen molar-refractivity contribution in [2.45, 2.75) is 13.8 Å². The van der Waals surface area contributed by atoms with Crippen LogP contribution in [0.1, 0.15) is 13.8 Å². The van der Waals surface area contributed by atoms with Crippen molar-refractivity contribution in [3.05, 3.63) is 24.5 Å². The third-order valence-corrected chi connectivity index (χ3v) is 0.529. The number of hydrogen-bond donors (Lipinski definition) is 0. The lowest BCUT2D eigenvalue weighted by molar-refractivity contribution is 0.613. The molecule has 0 aliphatic heterocycles. The molecule has 0 saturated carbocycles. The summed E-state index contributed by atoms with van der Waals surface area (Å²) in [4.78, 5) is 6.80. The molecular weight excluding hydrogens is 119 g/mol. The second-order valence-corrected chi connectivity index (χ2v) is 1.06. The quantitative estimate of drug-likeness (QED) is 0.530. The second-order valence-electron chi connectivity index (χ2n) is 1.06. The first kappa shape index (κ1) is 8.01. The van der Waals surface area contributed by atoms with Crippen molar-refractivity contribution in [1.82, 2.24) is 9.97 Å². The first-order valence-electron chi connectivity index (χ1n) is 2.80. The summed E-state index contributed by atoms with van der Waals surface area (Å²) >= 11 is 0. The molecule has 0 saturated heterocycles. The van der Waals surface area contributed by atoms with E-state index in [1.54, 1.807) is 0 Å². The molecule has 50 valence electrons. The van der Waals surface area contributed by atoms with Crippen molar-refractivity contribution in [3.8, 4) is 0 Å². The van der Waals surface area contributed by atoms with Crippen LogP contribution >= 0.6 is 0 Å². The zero-order chi connectivity index (χ0) is 7.11. The number of halogens is 1. The molecule has 0 aliphatic rings. The van der Waals surface area contributed by atoms with E-state index in [1.165, 1.54) is 6.33 Å². The van der Waals surface area contributed by atoms with Crippen molar-refractivity contribution in [1.29, 1.82) is 0 Å². The third kappa shape index (κ3) is 3.58. The normalized spacial score (nSPS) is 7.44. The Balaban J connectivity index is 0.000000291. The van der Waals surface area contributed by atoms with Gasteiger partial charge in [-0.15, -0.1) is 0 Å². The Morgan fingerprint density at radius 3 is 1.89 bits per heavy atom. The highest BCUT2D eigenvalue weighted by Crippen LogP contribution is 1.84. The van der Waals surface area contributed by atoms with Crippen LogP contribution in [-0.2, 0) is 0 Å². The van der Waals surface area contributed by atoms with Crippen LogP contribution in [0.2, 0.25) is 0 Å². The lowest BCUT2D eigenvalue weighted by Crippen LogP contribution is -1.76. The van der Waals surface area contributed by atoms with E-state index in [0.29, 0.717) is 0 Å². The van der Waals surface area contributed by atoms with Gasteiger partial charge in [0.05, 0.1) is 12.4 Å². The van der Waals surface area contributed by atoms with E-state index in [0.717, 1.165) is 12.4 Å². The van der Waals surface area contributed by atoms with Crippen molar-refractivity contribution < 1.29 is 4.39 Å². The van der Waals surface area contributed by atoms with Gasteiger partial charge in [0.1, 0.15) is 6.33 Å². The van der Waals surface area contributed by atoms with Gasteiger partial charge >= 0.3 is 0 Å². The number of nitrogens with zero attached hydrogens (tertiary/aromatic N) is 2. The zero-order valence-corrected chi connectivity index (χ0v) is 5.50. The molecule has 1 rings (SSSR count). The van der Waals surface area contributed by atoms with E-state index in [-0.39, 0.29) is 0 Å². The highest BCUT2D eigenvalue weighted by molar-refractivity contribution is 4.80. The molecule has 0 aromatic carbocycles. The van der Waals surface area contributed by atoms with Gasteiger partial charge in [0, 0.05) is 0 Å². The van der Waals surface area contributed by atoms with E-state index in [2.05, 4.69) is 9.97 Å². The lowest BCUT2D eigenvalue weighted by Gasteiger charge is -1.77. The average molecular weight is 128 g/mol. The molecule has 1 aromatic rings. The van der Waals surface area contributed by atoms with Crippen LogP contribution in [0.4, 0.5) is 4.39 Å². The summed E-state index contributed by atoms with van der Waals surface area (Å²) in [5.74, 6) is -0.400. The van der Waals surface area contributed by atoms with Gasteiger partial charge in [-0.1, -0.05) is 13.8 Å². The summed E-state index contributed by atoms with van der Waals surface area (Å²) in [7, 11) is 0. The van der Waals surface area contributed by atoms with Gasteiger partial charge < -0.3 is 0 Å². The Kier molecular flexibility index (Phi) is 4.59. The summed E-state index contributed by atoms with van der Waals surface area (Å²) in [5.41, 5.74) is 0. The van der Waals surface area contributed by atoms with Crippen molar-refractivity contribution >= 4 is 0 Å². The minimum atomic E-state index is -0.400. The van der Waals surface area contributed by atoms with Crippen LogP contribution < -0.4 is 0 Å². The number of aromatic nitrogens is 2. The van der Waals surface area contributed by atoms with E-state index in [9.17, 15) is 4.39 Å². The Hall–Kier alpha value is -0.990. The fourth-order valence-corrected chi connectivity index (χ4v) is 0.281. The molecule has 0 bridgehead atoms. The summed E-state index contributed by atoms with van der Waals surface area (Å²) in [5, 5.41) is 0. The molecule has 3 heteroatoms. The molecule has 0 unspecified atom stereocenters. The predicted octanol–water partition coefficient (Wildman–Crippen LogP) is 1.64. The highest BCUT2D eigenvalue weighted by atomic mass is 19.1. The van der Waals surface area contributed by atoms with Crippen molar-refractivity contribution in [3.63, 3.8) is 0 Å². The Morgan fingerprint density at radius 2 is 1.67 bits per heavy atom. The van der Waals surface area contributed by atoms with Gasteiger partial charge in [0.25, 0.3) is 0 Å². The van der Waals surface area contributed by atoms with Gasteiger partial charge in [0.2, 0.25) is 0 Å². The largest absolute Gasteiger partial charge is 0.242 e. The molecule has 0 atom stereocenters. The first-order valence-corrected chi connectivity index (χ1v) is 2.80. The van der Waals surface area contributed by atoms with Gasteiger partial charge in [-0.3, -0.25) is 0 Å². The van der Waals surface area contributed by atoms with Crippen LogP contribution in [0, 0.1) is 5.82 Å². The minimum Gasteiger partial charge on any atom is -0.242 e. The highest BCUT2D eigenvalue weighted by Gasteiger charge is 1.79. The SMILES string of the molecule is CC.Fc1cncnc1. The first-order chi connectivity index (χ1) is 4.39. The van der Waals surface area contributed by atoms with Crippen molar-refractivity contribution in [2.24, 2.45) is 0 Å². The summed E-state index contributed by atoms with van der Waals surface area (Å²) in [6.45, 7) is 4.00. The average Bonchev–Trinajstić information content (AvgIpc) is 1.94. The van der Waals surface area contributed by atoms with E-state index in [4.69, 9.17) is 0 Å². The number of hydrogen-bond acceptors (Lipinski definition) is 2. The Morgan fingerprint density at radius 1 is 1.22 bits per heavy atom. The maximum Gasteiger partial charge on any atom is 0.159 e. The van der Waals surface area contributed by atoms with E-state index in [1.807, 2.05) is 13.8 Å². The van der Waals surface area contributed by atoms with Crippen LogP contribution in [0.3, 0.4) is 0 Å². The summed E-state index contributed by atoms with van der Waals surface area (Å²) in [6.07, 6.45) is 3.49. The predicted molar refractivity (Wildman–Crippen MR) is 33.3 cm³/mol. The van der Waals surface area contributed by atoms with Gasteiger partial charge in [-0.2, -0.15) is 0 Å². The molecule has 0 N–H and O–H groups in total. The van der Waals surface area contributed by atoms with Crippen LogP contribution in [0.15, 0.2) is 18.7 Å².